The van der Waals surface area contributed by atoms with E-state index in [4.69, 9.17) is 10.6 Å². The summed E-state index contributed by atoms with van der Waals surface area (Å²) < 4.78 is 7.69. The summed E-state index contributed by atoms with van der Waals surface area (Å²) in [5.41, 5.74) is 0.495. The van der Waals surface area contributed by atoms with Crippen LogP contribution in [0.2, 0.25) is 0 Å². The van der Waals surface area contributed by atoms with Crippen molar-refractivity contribution in [2.45, 2.75) is 67.5 Å². The van der Waals surface area contributed by atoms with Gasteiger partial charge in [0.15, 0.2) is 0 Å². The third-order valence-electron chi connectivity index (χ3n) is 6.40. The van der Waals surface area contributed by atoms with Crippen molar-refractivity contribution in [1.29, 1.82) is 0 Å². The minimum Gasteiger partial charge on any atom is -0.369 e. The zero-order valence-corrected chi connectivity index (χ0v) is 23.7. The number of tetrazole rings is 1. The number of amides is 2. The molecule has 0 bridgehead atoms. The second-order valence-corrected chi connectivity index (χ2v) is 10.4. The van der Waals surface area contributed by atoms with Crippen molar-refractivity contribution in [2.24, 2.45) is 10.8 Å². The molecule has 14 heteroatoms. The Labute approximate surface area is 233 Å². The van der Waals surface area contributed by atoms with Crippen LogP contribution in [0.5, 0.6) is 0 Å². The number of ether oxygens (including phenoxy) is 1. The Bertz CT molecular complexity index is 1130. The molecule has 0 radical (unpaired) electrons. The second-order valence-electron chi connectivity index (χ2n) is 9.34. The first-order valence-electron chi connectivity index (χ1n) is 12.8. The van der Waals surface area contributed by atoms with Crippen LogP contribution in [0, 0.1) is 0 Å². The van der Waals surface area contributed by atoms with E-state index in [1.807, 2.05) is 30.3 Å². The predicted octanol–water partition coefficient (Wildman–Crippen LogP) is 0.661. The number of likely N-dealkylation sites (tertiary alicyclic amines) is 1. The average Bonchev–Trinajstić information content (AvgIpc) is 3.58. The summed E-state index contributed by atoms with van der Waals surface area (Å²) >= 11 is 1.46. The lowest BCUT2D eigenvalue weighted by Gasteiger charge is -2.32. The van der Waals surface area contributed by atoms with E-state index in [0.717, 1.165) is 17.7 Å². The molecule has 3 rings (SSSR count). The van der Waals surface area contributed by atoms with Crippen molar-refractivity contribution in [3.05, 3.63) is 42.2 Å². The highest BCUT2D eigenvalue weighted by molar-refractivity contribution is 7.99. The first-order chi connectivity index (χ1) is 18.7. The fraction of sp³-hybridized carbons (Fsp3) is 0.520. The zero-order chi connectivity index (χ0) is 28.4. The molecule has 4 unspecified atom stereocenters. The highest BCUT2D eigenvalue weighted by Gasteiger charge is 2.38. The van der Waals surface area contributed by atoms with Crippen LogP contribution in [-0.4, -0.2) is 100 Å². The van der Waals surface area contributed by atoms with E-state index in [1.165, 1.54) is 16.8 Å². The second kappa shape index (κ2) is 14.7. The third kappa shape index (κ3) is 8.58. The quantitative estimate of drug-likeness (QED) is 0.171. The lowest BCUT2D eigenvalue weighted by Crippen LogP contribution is -2.58. The van der Waals surface area contributed by atoms with Crippen LogP contribution < -0.4 is 16.5 Å². The summed E-state index contributed by atoms with van der Waals surface area (Å²) in [6.07, 6.45) is 2.54. The Morgan fingerprint density at radius 1 is 1.36 bits per heavy atom. The van der Waals surface area contributed by atoms with Gasteiger partial charge in [-0.2, -0.15) is 0 Å². The van der Waals surface area contributed by atoms with E-state index in [-0.39, 0.29) is 24.5 Å². The number of hydrogen-bond donors (Lipinski definition) is 3. The van der Waals surface area contributed by atoms with Crippen molar-refractivity contribution in [3.8, 4) is 0 Å². The summed E-state index contributed by atoms with van der Waals surface area (Å²) in [7, 11) is 3.34. The minimum absolute atomic E-state index is 0.0710. The molecule has 1 aliphatic rings. The van der Waals surface area contributed by atoms with Gasteiger partial charge in [0, 0.05) is 24.7 Å². The van der Waals surface area contributed by atoms with Gasteiger partial charge in [0.05, 0.1) is 37.0 Å². The monoisotopic (exact) mass is 558 g/mol. The van der Waals surface area contributed by atoms with Crippen LogP contribution in [0.1, 0.15) is 26.7 Å². The van der Waals surface area contributed by atoms with Gasteiger partial charge in [-0.1, -0.05) is 18.2 Å². The maximum absolute atomic E-state index is 13.9. The third-order valence-corrected chi connectivity index (χ3v) is 7.39. The summed E-state index contributed by atoms with van der Waals surface area (Å²) in [4.78, 5) is 33.5. The molecule has 212 valence electrons. The molecule has 1 aliphatic heterocycles. The predicted molar refractivity (Wildman–Crippen MR) is 149 cm³/mol. The van der Waals surface area contributed by atoms with E-state index in [2.05, 4.69) is 37.9 Å². The Hall–Kier alpha value is -3.33. The van der Waals surface area contributed by atoms with Crippen molar-refractivity contribution >= 4 is 30.3 Å². The summed E-state index contributed by atoms with van der Waals surface area (Å²) in [5.74, 6) is 5.15. The summed E-state index contributed by atoms with van der Waals surface area (Å²) in [6, 6.07) is 8.30. The van der Waals surface area contributed by atoms with Crippen LogP contribution >= 0.6 is 11.8 Å². The van der Waals surface area contributed by atoms with Crippen LogP contribution in [0.25, 0.3) is 0 Å². The van der Waals surface area contributed by atoms with Crippen LogP contribution in [0.15, 0.2) is 57.3 Å². The number of carbonyl (C=O) groups excluding carboxylic acids is 2. The molecule has 4 N–H and O–H groups in total. The van der Waals surface area contributed by atoms with Crippen molar-refractivity contribution in [3.63, 3.8) is 0 Å². The standard InChI is InChI=1S/C25H38N10O3S/c1-17(27-3)23(36)29-22(18(2)38-16-19(28-4)14-33(5)26)24(37)34-13-9-10-20(34)15-35-25(30-31-32-35)39-21-11-7-6-8-12-21/h6-8,11-12,14,17-18,20,22,27H,4,9-10,13,15-16,26H2,1-3,5H3,(H,29,36)/b19-14-. The van der Waals surface area contributed by atoms with E-state index < -0.39 is 18.2 Å². The molecule has 1 saturated heterocycles. The van der Waals surface area contributed by atoms with Gasteiger partial charge in [-0.15, -0.1) is 5.10 Å². The van der Waals surface area contributed by atoms with Gasteiger partial charge in [0.2, 0.25) is 17.0 Å². The van der Waals surface area contributed by atoms with Gasteiger partial charge in [-0.05, 0) is 74.8 Å². The maximum atomic E-state index is 13.9. The molecule has 1 fully saturated rings. The smallest absolute Gasteiger partial charge is 0.248 e. The Kier molecular flexibility index (Phi) is 11.4. The molecule has 13 nitrogen and oxygen atoms in total. The number of likely N-dealkylation sites (N-methyl/N-ethyl adjacent to an activating group) is 1. The molecule has 0 aliphatic carbocycles. The molecular formula is C25H38N10O3S. The lowest BCUT2D eigenvalue weighted by molar-refractivity contribution is -0.141. The number of nitrogens with one attached hydrogen (secondary N) is 2. The van der Waals surface area contributed by atoms with Crippen molar-refractivity contribution in [1.82, 2.24) is 40.7 Å². The summed E-state index contributed by atoms with van der Waals surface area (Å²) in [5, 5.41) is 20.0. The van der Waals surface area contributed by atoms with E-state index in [9.17, 15) is 9.59 Å². The van der Waals surface area contributed by atoms with Crippen LogP contribution in [-0.2, 0) is 20.9 Å². The fourth-order valence-electron chi connectivity index (χ4n) is 4.13. The van der Waals surface area contributed by atoms with Crippen LogP contribution in [0.4, 0.5) is 0 Å². The van der Waals surface area contributed by atoms with Gasteiger partial charge >= 0.3 is 0 Å². The molecule has 1 aromatic heterocycles. The zero-order valence-electron chi connectivity index (χ0n) is 22.9. The van der Waals surface area contributed by atoms with E-state index in [1.54, 1.807) is 43.7 Å². The van der Waals surface area contributed by atoms with Gasteiger partial charge in [-0.3, -0.25) is 14.6 Å². The fourth-order valence-corrected chi connectivity index (χ4v) is 4.93. The van der Waals surface area contributed by atoms with Crippen LogP contribution in [0.3, 0.4) is 0 Å². The molecule has 2 amide bonds. The normalized spacial score (nSPS) is 17.9. The maximum Gasteiger partial charge on any atom is 0.248 e. The molecular weight excluding hydrogens is 520 g/mol. The van der Waals surface area contributed by atoms with Crippen molar-refractivity contribution in [2.75, 3.05) is 27.2 Å². The minimum atomic E-state index is -0.914. The van der Waals surface area contributed by atoms with E-state index in [0.29, 0.717) is 23.9 Å². The number of aliphatic imine (C=N–C) groups is 1. The number of hydrogen-bond acceptors (Lipinski definition) is 11. The molecule has 0 saturated carbocycles. The largest absolute Gasteiger partial charge is 0.369 e. The molecule has 0 spiro atoms. The number of rotatable bonds is 14. The molecule has 39 heavy (non-hydrogen) atoms. The van der Waals surface area contributed by atoms with Gasteiger partial charge < -0.3 is 25.3 Å². The molecule has 1 aromatic carbocycles. The number of nitrogens with zero attached hydrogens (tertiary/aromatic N) is 7. The Morgan fingerprint density at radius 2 is 2.10 bits per heavy atom. The summed E-state index contributed by atoms with van der Waals surface area (Å²) in [6.45, 7) is 8.09. The Balaban J connectivity index is 1.76. The number of hydrazine groups is 1. The number of aromatic nitrogens is 4. The van der Waals surface area contributed by atoms with Crippen molar-refractivity contribution < 1.29 is 14.3 Å². The highest BCUT2D eigenvalue weighted by atomic mass is 32.2. The first kappa shape index (κ1) is 30.2. The number of carbonyl (C=O) groups is 2. The Morgan fingerprint density at radius 3 is 2.77 bits per heavy atom. The molecule has 2 heterocycles. The molecule has 2 aromatic rings. The number of nitrogens with two attached hydrogens (primary N) is 1. The topological polar surface area (TPSA) is 156 Å². The number of benzene rings is 1. The first-order valence-corrected chi connectivity index (χ1v) is 13.6. The van der Waals surface area contributed by atoms with Gasteiger partial charge in [-0.25, -0.2) is 10.5 Å². The highest BCUT2D eigenvalue weighted by Crippen LogP contribution is 2.27. The lowest BCUT2D eigenvalue weighted by atomic mass is 10.1. The van der Waals surface area contributed by atoms with E-state index >= 15 is 0 Å². The average molecular weight is 559 g/mol. The SMILES string of the molecule is C=N/C(=C\N(C)N)COC(C)C(NC(=O)C(C)NC)C(=O)N1CCCC1Cn1nnnc1Sc1ccccc1. The van der Waals surface area contributed by atoms with Gasteiger partial charge in [0.25, 0.3) is 0 Å². The van der Waals surface area contributed by atoms with Gasteiger partial charge in [0.1, 0.15) is 6.04 Å². The molecule has 4 atom stereocenters.